The van der Waals surface area contributed by atoms with E-state index < -0.39 is 23.4 Å². The molecule has 0 N–H and O–H groups in total. The molecule has 2 aliphatic heterocycles. The monoisotopic (exact) mass is 419 g/mol. The molecule has 2 heterocycles. The molecule has 6 rings (SSSR count). The molecule has 0 aromatic heterocycles. The van der Waals surface area contributed by atoms with Crippen LogP contribution in [0.2, 0.25) is 0 Å². The summed E-state index contributed by atoms with van der Waals surface area (Å²) in [6.07, 6.45) is 3.93. The molecule has 1 saturated heterocycles. The van der Waals surface area contributed by atoms with Crippen LogP contribution in [0.1, 0.15) is 44.7 Å². The van der Waals surface area contributed by atoms with Gasteiger partial charge < -0.3 is 4.90 Å². The zero-order valence-electron chi connectivity index (χ0n) is 17.6. The highest BCUT2D eigenvalue weighted by Crippen LogP contribution is 2.60. The van der Waals surface area contributed by atoms with Crippen molar-refractivity contribution in [1.29, 1.82) is 0 Å². The molecule has 1 aliphatic carbocycles. The molecular weight excluding hydrogens is 398 g/mol. The average Bonchev–Trinajstić information content (AvgIpc) is 3.27. The number of carbonyl (C=O) groups excluding carboxylic acids is 3. The Morgan fingerprint density at radius 1 is 0.812 bits per heavy atom. The van der Waals surface area contributed by atoms with E-state index in [9.17, 15) is 14.4 Å². The minimum Gasteiger partial charge on any atom is -0.352 e. The lowest BCUT2D eigenvalue weighted by Gasteiger charge is -2.37. The predicted molar refractivity (Wildman–Crippen MR) is 123 cm³/mol. The van der Waals surface area contributed by atoms with E-state index in [4.69, 9.17) is 0 Å². The van der Waals surface area contributed by atoms with Crippen molar-refractivity contribution in [3.63, 3.8) is 0 Å². The average molecular weight is 419 g/mol. The van der Waals surface area contributed by atoms with E-state index in [-0.39, 0.29) is 17.3 Å². The van der Waals surface area contributed by atoms with Gasteiger partial charge in [0, 0.05) is 22.7 Å². The van der Waals surface area contributed by atoms with Crippen LogP contribution >= 0.6 is 0 Å². The molecule has 0 amide bonds. The third-order valence-electron chi connectivity index (χ3n) is 7.29. The molecule has 1 spiro atoms. The number of rotatable bonds is 2. The first kappa shape index (κ1) is 18.9. The second kappa shape index (κ2) is 6.60. The summed E-state index contributed by atoms with van der Waals surface area (Å²) >= 11 is 0. The molecule has 3 aromatic rings. The SMILES string of the molecule is CC(=O)[C@@H]1[C@@H](c2ccccc2)C2(C(=O)c3ccccc3C2=O)[C@H]2C=Cc3ccccc3N12. The Bertz CT molecular complexity index is 1290. The van der Waals surface area contributed by atoms with Gasteiger partial charge in [-0.3, -0.25) is 14.4 Å². The van der Waals surface area contributed by atoms with Crippen LogP contribution < -0.4 is 4.90 Å². The Balaban J connectivity index is 1.69. The molecule has 32 heavy (non-hydrogen) atoms. The van der Waals surface area contributed by atoms with Gasteiger partial charge in [-0.15, -0.1) is 0 Å². The summed E-state index contributed by atoms with van der Waals surface area (Å²) in [5.41, 5.74) is 2.22. The van der Waals surface area contributed by atoms with E-state index in [0.29, 0.717) is 11.1 Å². The van der Waals surface area contributed by atoms with Crippen LogP contribution in [0.5, 0.6) is 0 Å². The summed E-state index contributed by atoms with van der Waals surface area (Å²) in [5, 5.41) is 0. The van der Waals surface area contributed by atoms with E-state index >= 15 is 0 Å². The fourth-order valence-electron chi connectivity index (χ4n) is 6.10. The number of ketones is 3. The van der Waals surface area contributed by atoms with Gasteiger partial charge in [0.2, 0.25) is 0 Å². The summed E-state index contributed by atoms with van der Waals surface area (Å²) in [5.74, 6) is -1.01. The highest BCUT2D eigenvalue weighted by Gasteiger charge is 2.71. The van der Waals surface area contributed by atoms with E-state index in [1.807, 2.05) is 71.6 Å². The van der Waals surface area contributed by atoms with Crippen LogP contribution in [-0.2, 0) is 4.79 Å². The normalized spacial score (nSPS) is 24.4. The number of fused-ring (bicyclic) bond motifs is 5. The third-order valence-corrected chi connectivity index (χ3v) is 7.29. The molecule has 0 bridgehead atoms. The molecule has 4 nitrogen and oxygen atoms in total. The Hall–Kier alpha value is -3.79. The second-order valence-electron chi connectivity index (χ2n) is 8.79. The zero-order valence-corrected chi connectivity index (χ0v) is 17.6. The van der Waals surface area contributed by atoms with Gasteiger partial charge in [-0.25, -0.2) is 0 Å². The predicted octanol–water partition coefficient (Wildman–Crippen LogP) is 4.71. The number of hydrogen-bond donors (Lipinski definition) is 0. The third kappa shape index (κ3) is 2.19. The number of para-hydroxylation sites is 1. The maximum Gasteiger partial charge on any atom is 0.180 e. The van der Waals surface area contributed by atoms with Gasteiger partial charge >= 0.3 is 0 Å². The first-order valence-electron chi connectivity index (χ1n) is 10.9. The first-order chi connectivity index (χ1) is 15.6. The van der Waals surface area contributed by atoms with Crippen LogP contribution in [0.4, 0.5) is 5.69 Å². The van der Waals surface area contributed by atoms with Crippen molar-refractivity contribution in [3.8, 4) is 0 Å². The van der Waals surface area contributed by atoms with Crippen LogP contribution in [0, 0.1) is 5.41 Å². The Morgan fingerprint density at radius 3 is 2.06 bits per heavy atom. The van der Waals surface area contributed by atoms with Gasteiger partial charge in [0.15, 0.2) is 17.3 Å². The summed E-state index contributed by atoms with van der Waals surface area (Å²) in [6, 6.07) is 23.3. The van der Waals surface area contributed by atoms with Crippen molar-refractivity contribution in [2.75, 3.05) is 4.90 Å². The van der Waals surface area contributed by atoms with E-state index in [2.05, 4.69) is 0 Å². The van der Waals surface area contributed by atoms with E-state index in [1.54, 1.807) is 31.2 Å². The second-order valence-corrected chi connectivity index (χ2v) is 8.79. The molecule has 0 radical (unpaired) electrons. The van der Waals surface area contributed by atoms with Crippen LogP contribution in [0.15, 0.2) is 84.9 Å². The quantitative estimate of drug-likeness (QED) is 0.565. The fourth-order valence-corrected chi connectivity index (χ4v) is 6.10. The lowest BCUT2D eigenvalue weighted by atomic mass is 9.64. The minimum atomic E-state index is -1.38. The Morgan fingerprint density at radius 2 is 1.41 bits per heavy atom. The highest BCUT2D eigenvalue weighted by atomic mass is 16.2. The largest absolute Gasteiger partial charge is 0.352 e. The Kier molecular flexibility index (Phi) is 3.91. The number of carbonyl (C=O) groups is 3. The van der Waals surface area contributed by atoms with Crippen molar-refractivity contribution in [3.05, 3.63) is 107 Å². The molecular formula is C28H21NO3. The number of nitrogens with zero attached hydrogens (tertiary/aromatic N) is 1. The van der Waals surface area contributed by atoms with Crippen molar-refractivity contribution in [2.24, 2.45) is 5.41 Å². The molecule has 156 valence electrons. The number of hydrogen-bond acceptors (Lipinski definition) is 4. The van der Waals surface area contributed by atoms with Gasteiger partial charge in [-0.1, -0.05) is 84.9 Å². The van der Waals surface area contributed by atoms with Gasteiger partial charge in [0.25, 0.3) is 0 Å². The highest BCUT2D eigenvalue weighted by molar-refractivity contribution is 6.32. The maximum atomic E-state index is 14.2. The summed E-state index contributed by atoms with van der Waals surface area (Å²) < 4.78 is 0. The van der Waals surface area contributed by atoms with E-state index in [1.165, 1.54) is 0 Å². The van der Waals surface area contributed by atoms with Crippen molar-refractivity contribution >= 4 is 29.1 Å². The van der Waals surface area contributed by atoms with Gasteiger partial charge in [-0.05, 0) is 24.1 Å². The van der Waals surface area contributed by atoms with Crippen molar-refractivity contribution in [2.45, 2.75) is 24.9 Å². The summed E-state index contributed by atoms with van der Waals surface area (Å²) in [7, 11) is 0. The topological polar surface area (TPSA) is 54.5 Å². The van der Waals surface area contributed by atoms with E-state index in [0.717, 1.165) is 16.8 Å². The van der Waals surface area contributed by atoms with Crippen molar-refractivity contribution in [1.82, 2.24) is 0 Å². The lowest BCUT2D eigenvalue weighted by molar-refractivity contribution is -0.118. The maximum absolute atomic E-state index is 14.2. The molecule has 3 aromatic carbocycles. The van der Waals surface area contributed by atoms with Crippen LogP contribution in [0.3, 0.4) is 0 Å². The van der Waals surface area contributed by atoms with Crippen LogP contribution in [0.25, 0.3) is 6.08 Å². The van der Waals surface area contributed by atoms with Crippen LogP contribution in [-0.4, -0.2) is 29.4 Å². The minimum absolute atomic E-state index is 0.0533. The summed E-state index contributed by atoms with van der Waals surface area (Å²) in [6.45, 7) is 1.56. The number of Topliss-reactive ketones (excluding diaryl/α,β-unsaturated/α-hetero) is 3. The van der Waals surface area contributed by atoms with Gasteiger partial charge in [0.05, 0.1) is 12.1 Å². The first-order valence-corrected chi connectivity index (χ1v) is 10.9. The van der Waals surface area contributed by atoms with Crippen molar-refractivity contribution < 1.29 is 14.4 Å². The molecule has 1 fully saturated rings. The molecule has 4 heteroatoms. The lowest BCUT2D eigenvalue weighted by Crippen LogP contribution is -2.48. The summed E-state index contributed by atoms with van der Waals surface area (Å²) in [4.78, 5) is 43.6. The molecule has 0 saturated carbocycles. The molecule has 0 unspecified atom stereocenters. The fraction of sp³-hybridized carbons (Fsp3) is 0.179. The smallest absolute Gasteiger partial charge is 0.180 e. The number of benzene rings is 3. The molecule has 3 aliphatic rings. The Labute approximate surface area is 186 Å². The van der Waals surface area contributed by atoms with Gasteiger partial charge in [0.1, 0.15) is 5.41 Å². The van der Waals surface area contributed by atoms with Gasteiger partial charge in [-0.2, -0.15) is 0 Å². The number of anilines is 1. The molecule has 3 atom stereocenters. The standard InChI is InChI=1S/C28H21NO3/c1-17(30)25-24(19-10-3-2-4-11-19)28(26(31)20-12-6-7-13-21(20)27(28)32)23-16-15-18-9-5-8-14-22(18)29(23)25/h2-16,23-25H,1H3/t23-,24-,25-/m1/s1. The zero-order chi connectivity index (χ0) is 22.0.